The zero-order valence-electron chi connectivity index (χ0n) is 12.5. The molecule has 2 rings (SSSR count). The van der Waals surface area contributed by atoms with Crippen LogP contribution < -0.4 is 5.73 Å². The van der Waals surface area contributed by atoms with Gasteiger partial charge in [-0.2, -0.15) is 0 Å². The molecule has 1 aliphatic carbocycles. The summed E-state index contributed by atoms with van der Waals surface area (Å²) in [6, 6.07) is 0.213. The summed E-state index contributed by atoms with van der Waals surface area (Å²) in [7, 11) is 0. The fraction of sp³-hybridized carbons (Fsp3) is 0.933. The first-order valence-electron chi connectivity index (χ1n) is 8.07. The van der Waals surface area contributed by atoms with Crippen LogP contribution in [0.5, 0.6) is 0 Å². The molecule has 0 aromatic heterocycles. The maximum Gasteiger partial charge on any atom is 0.222 e. The Morgan fingerprint density at radius 2 is 1.90 bits per heavy atom. The molecule has 1 saturated carbocycles. The molecule has 116 valence electrons. The van der Waals surface area contributed by atoms with Crippen LogP contribution in [0.2, 0.25) is 0 Å². The standard InChI is InChI=1S/C15H29N3O2/c16-14-5-2-1-4-13(14)12-15(20)18-7-3-6-17(8-9-18)10-11-19/h13-14,19H,1-12,16H2. The van der Waals surface area contributed by atoms with Crippen molar-refractivity contribution in [2.45, 2.75) is 44.6 Å². The van der Waals surface area contributed by atoms with Gasteiger partial charge in [-0.25, -0.2) is 0 Å². The van der Waals surface area contributed by atoms with Gasteiger partial charge in [-0.15, -0.1) is 0 Å². The molecule has 0 spiro atoms. The molecule has 2 unspecified atom stereocenters. The number of nitrogens with two attached hydrogens (primary N) is 1. The molecule has 5 nitrogen and oxygen atoms in total. The van der Waals surface area contributed by atoms with Gasteiger partial charge in [0.15, 0.2) is 0 Å². The largest absolute Gasteiger partial charge is 0.395 e. The summed E-state index contributed by atoms with van der Waals surface area (Å²) in [6.45, 7) is 4.42. The monoisotopic (exact) mass is 283 g/mol. The van der Waals surface area contributed by atoms with Crippen molar-refractivity contribution < 1.29 is 9.90 Å². The molecule has 2 aliphatic rings. The van der Waals surface area contributed by atoms with Gasteiger partial charge in [0.1, 0.15) is 0 Å². The number of aliphatic hydroxyl groups is 1. The lowest BCUT2D eigenvalue weighted by atomic mass is 9.82. The van der Waals surface area contributed by atoms with E-state index in [9.17, 15) is 4.79 Å². The number of nitrogens with zero attached hydrogens (tertiary/aromatic N) is 2. The van der Waals surface area contributed by atoms with E-state index in [1.807, 2.05) is 4.90 Å². The average molecular weight is 283 g/mol. The maximum absolute atomic E-state index is 12.4. The summed E-state index contributed by atoms with van der Waals surface area (Å²) < 4.78 is 0. The third-order valence-electron chi connectivity index (χ3n) is 4.76. The van der Waals surface area contributed by atoms with E-state index in [-0.39, 0.29) is 18.6 Å². The smallest absolute Gasteiger partial charge is 0.222 e. The molecular weight excluding hydrogens is 254 g/mol. The van der Waals surface area contributed by atoms with Gasteiger partial charge in [0, 0.05) is 38.6 Å². The Hall–Kier alpha value is -0.650. The highest BCUT2D eigenvalue weighted by atomic mass is 16.3. The van der Waals surface area contributed by atoms with Gasteiger partial charge in [-0.3, -0.25) is 9.69 Å². The van der Waals surface area contributed by atoms with E-state index in [1.165, 1.54) is 12.8 Å². The summed E-state index contributed by atoms with van der Waals surface area (Å²) in [4.78, 5) is 16.7. The Balaban J connectivity index is 1.79. The van der Waals surface area contributed by atoms with Crippen LogP contribution in [0.15, 0.2) is 0 Å². The Bertz CT molecular complexity index is 311. The minimum atomic E-state index is 0.199. The molecule has 20 heavy (non-hydrogen) atoms. The molecule has 3 N–H and O–H groups in total. The molecule has 2 atom stereocenters. The summed E-state index contributed by atoms with van der Waals surface area (Å²) in [5.74, 6) is 0.659. The lowest BCUT2D eigenvalue weighted by molar-refractivity contribution is -0.132. The number of rotatable bonds is 4. The van der Waals surface area contributed by atoms with Gasteiger partial charge >= 0.3 is 0 Å². The number of aliphatic hydroxyl groups excluding tert-OH is 1. The van der Waals surface area contributed by atoms with Crippen LogP contribution in [0.4, 0.5) is 0 Å². The van der Waals surface area contributed by atoms with Crippen LogP contribution in [0.1, 0.15) is 38.5 Å². The molecule has 0 bridgehead atoms. The Morgan fingerprint density at radius 3 is 2.65 bits per heavy atom. The summed E-state index contributed by atoms with van der Waals surface area (Å²) in [6.07, 6.45) is 6.24. The van der Waals surface area contributed by atoms with Crippen molar-refractivity contribution in [2.24, 2.45) is 11.7 Å². The number of amides is 1. The number of hydrogen-bond acceptors (Lipinski definition) is 4. The summed E-state index contributed by atoms with van der Waals surface area (Å²) in [5.41, 5.74) is 6.14. The molecular formula is C15H29N3O2. The first-order chi connectivity index (χ1) is 9.70. The van der Waals surface area contributed by atoms with Crippen molar-refractivity contribution >= 4 is 5.91 Å². The highest BCUT2D eigenvalue weighted by molar-refractivity contribution is 5.76. The minimum absolute atomic E-state index is 0.199. The predicted molar refractivity (Wildman–Crippen MR) is 79.3 cm³/mol. The fourth-order valence-corrected chi connectivity index (χ4v) is 3.43. The van der Waals surface area contributed by atoms with Crippen molar-refractivity contribution in [3.05, 3.63) is 0 Å². The van der Waals surface area contributed by atoms with E-state index in [0.717, 1.165) is 52.0 Å². The van der Waals surface area contributed by atoms with E-state index in [0.29, 0.717) is 12.3 Å². The third kappa shape index (κ3) is 4.43. The van der Waals surface area contributed by atoms with E-state index >= 15 is 0 Å². The minimum Gasteiger partial charge on any atom is -0.395 e. The van der Waals surface area contributed by atoms with Crippen LogP contribution in [0, 0.1) is 5.92 Å². The second kappa shape index (κ2) is 7.96. The molecule has 2 fully saturated rings. The highest BCUT2D eigenvalue weighted by Gasteiger charge is 2.27. The molecule has 0 aromatic carbocycles. The number of hydrogen-bond donors (Lipinski definition) is 2. The van der Waals surface area contributed by atoms with Crippen LogP contribution in [0.25, 0.3) is 0 Å². The zero-order valence-corrected chi connectivity index (χ0v) is 12.5. The van der Waals surface area contributed by atoms with Gasteiger partial charge in [0.2, 0.25) is 5.91 Å². The van der Waals surface area contributed by atoms with E-state index in [4.69, 9.17) is 10.8 Å². The summed E-state index contributed by atoms with van der Waals surface area (Å²) >= 11 is 0. The SMILES string of the molecule is NC1CCCCC1CC(=O)N1CCCN(CCO)CC1. The highest BCUT2D eigenvalue weighted by Crippen LogP contribution is 2.26. The quantitative estimate of drug-likeness (QED) is 0.784. The lowest BCUT2D eigenvalue weighted by Crippen LogP contribution is -2.40. The van der Waals surface area contributed by atoms with Crippen LogP contribution in [0.3, 0.4) is 0 Å². The van der Waals surface area contributed by atoms with Crippen molar-refractivity contribution in [3.8, 4) is 0 Å². The second-order valence-corrected chi connectivity index (χ2v) is 6.21. The first kappa shape index (κ1) is 15.7. The molecule has 5 heteroatoms. The van der Waals surface area contributed by atoms with E-state index < -0.39 is 0 Å². The van der Waals surface area contributed by atoms with Gasteiger partial charge in [-0.1, -0.05) is 12.8 Å². The molecule has 1 amide bonds. The number of carbonyl (C=O) groups excluding carboxylic acids is 1. The van der Waals surface area contributed by atoms with Gasteiger partial charge in [0.05, 0.1) is 6.61 Å². The van der Waals surface area contributed by atoms with Crippen LogP contribution in [-0.2, 0) is 4.79 Å². The predicted octanol–water partition coefficient (Wildman–Crippen LogP) is 0.421. The molecule has 1 aliphatic heterocycles. The van der Waals surface area contributed by atoms with Crippen LogP contribution in [-0.4, -0.2) is 66.2 Å². The Kier molecular flexibility index (Phi) is 6.26. The Morgan fingerprint density at radius 1 is 1.10 bits per heavy atom. The Labute approximate surface area is 122 Å². The molecule has 0 aromatic rings. The molecule has 1 saturated heterocycles. The van der Waals surface area contributed by atoms with E-state index in [1.54, 1.807) is 0 Å². The van der Waals surface area contributed by atoms with Crippen molar-refractivity contribution in [1.82, 2.24) is 9.80 Å². The summed E-state index contributed by atoms with van der Waals surface area (Å²) in [5, 5.41) is 8.99. The lowest BCUT2D eigenvalue weighted by Gasteiger charge is -2.30. The van der Waals surface area contributed by atoms with Crippen molar-refractivity contribution in [2.75, 3.05) is 39.3 Å². The molecule has 0 radical (unpaired) electrons. The van der Waals surface area contributed by atoms with Crippen molar-refractivity contribution in [1.29, 1.82) is 0 Å². The zero-order chi connectivity index (χ0) is 14.4. The van der Waals surface area contributed by atoms with Crippen molar-refractivity contribution in [3.63, 3.8) is 0 Å². The maximum atomic E-state index is 12.4. The van der Waals surface area contributed by atoms with Crippen LogP contribution >= 0.6 is 0 Å². The number of β-amino-alcohol motifs (C(OH)–C–C–N with tert-alkyl or cyclic N) is 1. The van der Waals surface area contributed by atoms with Gasteiger partial charge < -0.3 is 15.7 Å². The normalized spacial score (nSPS) is 29.2. The first-order valence-corrected chi connectivity index (χ1v) is 8.07. The third-order valence-corrected chi connectivity index (χ3v) is 4.76. The molecule has 1 heterocycles. The second-order valence-electron chi connectivity index (χ2n) is 6.21. The average Bonchev–Trinajstić information content (AvgIpc) is 2.67. The fourth-order valence-electron chi connectivity index (χ4n) is 3.43. The van der Waals surface area contributed by atoms with E-state index in [2.05, 4.69) is 4.90 Å². The topological polar surface area (TPSA) is 69.8 Å². The number of carbonyl (C=O) groups is 1. The van der Waals surface area contributed by atoms with Gasteiger partial charge in [-0.05, 0) is 31.7 Å². The van der Waals surface area contributed by atoms with Gasteiger partial charge in [0.25, 0.3) is 0 Å².